The van der Waals surface area contributed by atoms with E-state index in [1.165, 1.54) is 0 Å². The molecule has 1 saturated heterocycles. The monoisotopic (exact) mass is 456 g/mol. The van der Waals surface area contributed by atoms with Crippen LogP contribution in [0.1, 0.15) is 32.2 Å². The van der Waals surface area contributed by atoms with Crippen molar-refractivity contribution in [1.82, 2.24) is 19.9 Å². The van der Waals surface area contributed by atoms with Gasteiger partial charge in [0.05, 0.1) is 11.4 Å². The van der Waals surface area contributed by atoms with E-state index in [1.54, 1.807) is 17.4 Å². The summed E-state index contributed by atoms with van der Waals surface area (Å²) < 4.78 is 5.41. The maximum absolute atomic E-state index is 13.1. The number of aromatic nitrogens is 2. The Labute approximate surface area is 194 Å². The highest BCUT2D eigenvalue weighted by atomic mass is 32.1. The van der Waals surface area contributed by atoms with Crippen molar-refractivity contribution in [2.75, 3.05) is 26.2 Å². The Morgan fingerprint density at radius 3 is 2.52 bits per heavy atom. The molecule has 1 amide bonds. The van der Waals surface area contributed by atoms with Crippen molar-refractivity contribution in [3.8, 4) is 21.8 Å². The van der Waals surface area contributed by atoms with Crippen molar-refractivity contribution in [2.45, 2.75) is 6.54 Å². The van der Waals surface area contributed by atoms with E-state index in [4.69, 9.17) is 4.52 Å². The molecule has 2 aliphatic rings. The maximum Gasteiger partial charge on any atom is 0.253 e. The Balaban J connectivity index is 1.11. The van der Waals surface area contributed by atoms with E-state index in [0.29, 0.717) is 48.0 Å². The van der Waals surface area contributed by atoms with Crippen LogP contribution in [0.3, 0.4) is 0 Å². The summed E-state index contributed by atoms with van der Waals surface area (Å²) in [7, 11) is 0. The number of hydrogen-bond donors (Lipinski definition) is 0. The van der Waals surface area contributed by atoms with Crippen LogP contribution in [-0.4, -0.2) is 57.8 Å². The fourth-order valence-corrected chi connectivity index (χ4v) is 5.12. The molecule has 33 heavy (non-hydrogen) atoms. The van der Waals surface area contributed by atoms with Crippen molar-refractivity contribution in [3.63, 3.8) is 0 Å². The minimum atomic E-state index is -0.0426. The first-order valence-electron chi connectivity index (χ1n) is 10.8. The maximum atomic E-state index is 13.1. The summed E-state index contributed by atoms with van der Waals surface area (Å²) in [6.45, 7) is 3.22. The quantitative estimate of drug-likeness (QED) is 0.407. The lowest BCUT2D eigenvalue weighted by Gasteiger charge is -2.34. The zero-order chi connectivity index (χ0) is 22.4. The molecule has 0 bridgehead atoms. The molecule has 6 rings (SSSR count). The van der Waals surface area contributed by atoms with Gasteiger partial charge in [-0.05, 0) is 34.7 Å². The van der Waals surface area contributed by atoms with E-state index >= 15 is 0 Å². The highest BCUT2D eigenvalue weighted by Gasteiger charge is 2.29. The zero-order valence-corrected chi connectivity index (χ0v) is 18.5. The number of carbonyl (C=O) groups is 2. The molecule has 3 heterocycles. The standard InChI is InChI=1S/C25H20N4O3S/c30-23-19-5-2-1-4-17(19)18-8-7-16(14-20(18)23)25(31)29-11-9-28(10-12-29)15-22-26-24(27-32-22)21-6-3-13-33-21/h1-8,13-14H,9-12,15H2. The SMILES string of the molecule is O=C1c2ccccc2-c2ccc(C(=O)N3CCN(Cc4nc(-c5cccs5)no4)CC3)cc21. The number of benzene rings is 2. The predicted octanol–water partition coefficient (Wildman–Crippen LogP) is 3.97. The van der Waals surface area contributed by atoms with Crippen molar-refractivity contribution in [2.24, 2.45) is 0 Å². The zero-order valence-electron chi connectivity index (χ0n) is 17.7. The lowest BCUT2D eigenvalue weighted by atomic mass is 10.0. The van der Waals surface area contributed by atoms with E-state index in [1.807, 2.05) is 58.8 Å². The van der Waals surface area contributed by atoms with Gasteiger partial charge in [0, 0.05) is 42.9 Å². The fraction of sp³-hybridized carbons (Fsp3) is 0.200. The largest absolute Gasteiger partial charge is 0.338 e. The van der Waals surface area contributed by atoms with Crippen LogP contribution >= 0.6 is 11.3 Å². The third-order valence-electron chi connectivity index (χ3n) is 6.20. The van der Waals surface area contributed by atoms with Gasteiger partial charge in [-0.3, -0.25) is 14.5 Å². The summed E-state index contributed by atoms with van der Waals surface area (Å²) in [5.41, 5.74) is 3.71. The molecule has 0 spiro atoms. The molecule has 0 radical (unpaired) electrons. The van der Waals surface area contributed by atoms with E-state index in [0.717, 1.165) is 29.1 Å². The molecule has 7 nitrogen and oxygen atoms in total. The second-order valence-electron chi connectivity index (χ2n) is 8.19. The Kier molecular flexibility index (Phi) is 4.89. The molecule has 2 aromatic heterocycles. The minimum Gasteiger partial charge on any atom is -0.338 e. The van der Waals surface area contributed by atoms with Gasteiger partial charge >= 0.3 is 0 Å². The van der Waals surface area contributed by atoms with Gasteiger partial charge in [0.1, 0.15) is 0 Å². The van der Waals surface area contributed by atoms with Gasteiger partial charge in [-0.25, -0.2) is 0 Å². The van der Waals surface area contributed by atoms with Crippen LogP contribution < -0.4 is 0 Å². The molecule has 0 unspecified atom stereocenters. The highest BCUT2D eigenvalue weighted by Crippen LogP contribution is 2.36. The van der Waals surface area contributed by atoms with Crippen molar-refractivity contribution in [3.05, 3.63) is 82.6 Å². The molecule has 1 aliphatic carbocycles. The van der Waals surface area contributed by atoms with Crippen LogP contribution in [0.4, 0.5) is 0 Å². The molecule has 1 aliphatic heterocycles. The second-order valence-corrected chi connectivity index (χ2v) is 9.14. The Hall–Kier alpha value is -3.62. The first kappa shape index (κ1) is 20.0. The number of fused-ring (bicyclic) bond motifs is 3. The van der Waals surface area contributed by atoms with Gasteiger partial charge < -0.3 is 9.42 Å². The average molecular weight is 457 g/mol. The summed E-state index contributed by atoms with van der Waals surface area (Å²) in [4.78, 5) is 35.4. The second kappa shape index (κ2) is 8.06. The number of rotatable bonds is 4. The number of thiophene rings is 1. The number of carbonyl (C=O) groups excluding carboxylic acids is 2. The minimum absolute atomic E-state index is 0.0125. The van der Waals surface area contributed by atoms with Gasteiger partial charge in [-0.2, -0.15) is 4.98 Å². The van der Waals surface area contributed by atoms with Gasteiger partial charge in [-0.15, -0.1) is 11.3 Å². The van der Waals surface area contributed by atoms with Crippen molar-refractivity contribution >= 4 is 23.0 Å². The number of amides is 1. The first-order valence-corrected chi connectivity index (χ1v) is 11.7. The van der Waals surface area contributed by atoms with E-state index < -0.39 is 0 Å². The molecular weight excluding hydrogens is 436 g/mol. The summed E-state index contributed by atoms with van der Waals surface area (Å²) in [6, 6.07) is 17.0. The third-order valence-corrected chi connectivity index (χ3v) is 7.07. The van der Waals surface area contributed by atoms with Crippen LogP contribution in [0, 0.1) is 0 Å². The van der Waals surface area contributed by atoms with Crippen LogP contribution in [0.25, 0.3) is 21.8 Å². The van der Waals surface area contributed by atoms with Crippen molar-refractivity contribution in [1.29, 1.82) is 0 Å². The summed E-state index contributed by atoms with van der Waals surface area (Å²) in [6.07, 6.45) is 0. The van der Waals surface area contributed by atoms with E-state index in [9.17, 15) is 9.59 Å². The van der Waals surface area contributed by atoms with Gasteiger partial charge in [-0.1, -0.05) is 41.6 Å². The summed E-state index contributed by atoms with van der Waals surface area (Å²) in [5, 5.41) is 6.05. The van der Waals surface area contributed by atoms with E-state index in [-0.39, 0.29) is 11.7 Å². The molecule has 4 aromatic rings. The number of piperazine rings is 1. The van der Waals surface area contributed by atoms with Crippen LogP contribution in [0.15, 0.2) is 64.5 Å². The molecule has 8 heteroatoms. The molecule has 2 aromatic carbocycles. The molecule has 1 fully saturated rings. The van der Waals surface area contributed by atoms with Gasteiger partial charge in [0.15, 0.2) is 5.78 Å². The van der Waals surface area contributed by atoms with Crippen LogP contribution in [-0.2, 0) is 6.54 Å². The number of ketones is 1. The Bertz CT molecular complexity index is 1350. The molecule has 0 saturated carbocycles. The van der Waals surface area contributed by atoms with Crippen LogP contribution in [0.2, 0.25) is 0 Å². The third kappa shape index (κ3) is 3.57. The predicted molar refractivity (Wildman–Crippen MR) is 124 cm³/mol. The van der Waals surface area contributed by atoms with Gasteiger partial charge in [0.25, 0.3) is 5.91 Å². The number of hydrogen-bond acceptors (Lipinski definition) is 7. The Morgan fingerprint density at radius 2 is 1.73 bits per heavy atom. The average Bonchev–Trinajstić information content (AvgIpc) is 3.60. The first-order chi connectivity index (χ1) is 16.2. The smallest absolute Gasteiger partial charge is 0.253 e. The fourth-order valence-electron chi connectivity index (χ4n) is 4.47. The number of nitrogens with zero attached hydrogens (tertiary/aromatic N) is 4. The van der Waals surface area contributed by atoms with Crippen LogP contribution in [0.5, 0.6) is 0 Å². The summed E-state index contributed by atoms with van der Waals surface area (Å²) >= 11 is 1.58. The molecule has 0 atom stereocenters. The molecule has 0 N–H and O–H groups in total. The van der Waals surface area contributed by atoms with Gasteiger partial charge in [0.2, 0.25) is 11.7 Å². The topological polar surface area (TPSA) is 79.5 Å². The lowest BCUT2D eigenvalue weighted by molar-refractivity contribution is 0.0615. The molecule has 164 valence electrons. The molecular formula is C25H20N4O3S. The Morgan fingerprint density at radius 1 is 0.939 bits per heavy atom. The van der Waals surface area contributed by atoms with E-state index in [2.05, 4.69) is 15.0 Å². The highest BCUT2D eigenvalue weighted by molar-refractivity contribution is 7.13. The summed E-state index contributed by atoms with van der Waals surface area (Å²) in [5.74, 6) is 1.14. The normalized spacial score (nSPS) is 15.5. The van der Waals surface area contributed by atoms with Crippen molar-refractivity contribution < 1.29 is 14.1 Å². The lowest BCUT2D eigenvalue weighted by Crippen LogP contribution is -2.48.